The Bertz CT molecular complexity index is 544. The lowest BCUT2D eigenvalue weighted by Crippen LogP contribution is -2.14. The van der Waals surface area contributed by atoms with Gasteiger partial charge in [-0.25, -0.2) is 4.98 Å². The van der Waals surface area contributed by atoms with Crippen molar-refractivity contribution >= 4 is 39.1 Å². The molecule has 0 unspecified atom stereocenters. The SMILES string of the molecule is O=C(CCn1cccn1)Nc1cnc(Cl)c(Br)c1. The maximum atomic E-state index is 11.7. The highest BCUT2D eigenvalue weighted by molar-refractivity contribution is 9.10. The van der Waals surface area contributed by atoms with E-state index in [1.807, 2.05) is 12.3 Å². The van der Waals surface area contributed by atoms with Gasteiger partial charge in [-0.15, -0.1) is 0 Å². The number of rotatable bonds is 4. The van der Waals surface area contributed by atoms with Crippen molar-refractivity contribution in [3.8, 4) is 0 Å². The van der Waals surface area contributed by atoms with Crippen molar-refractivity contribution in [3.63, 3.8) is 0 Å². The van der Waals surface area contributed by atoms with E-state index in [1.54, 1.807) is 16.9 Å². The molecule has 0 aliphatic rings. The first-order valence-corrected chi connectivity index (χ1v) is 6.40. The summed E-state index contributed by atoms with van der Waals surface area (Å²) in [7, 11) is 0. The van der Waals surface area contributed by atoms with Gasteiger partial charge in [0.25, 0.3) is 0 Å². The summed E-state index contributed by atoms with van der Waals surface area (Å²) in [6.07, 6.45) is 5.35. The predicted molar refractivity (Wildman–Crippen MR) is 72.4 cm³/mol. The molecule has 94 valence electrons. The molecule has 0 aliphatic carbocycles. The van der Waals surface area contributed by atoms with Crippen molar-refractivity contribution in [2.45, 2.75) is 13.0 Å². The summed E-state index contributed by atoms with van der Waals surface area (Å²) < 4.78 is 2.35. The predicted octanol–water partition coefficient (Wildman–Crippen LogP) is 2.72. The van der Waals surface area contributed by atoms with E-state index in [4.69, 9.17) is 11.6 Å². The molecule has 1 amide bonds. The van der Waals surface area contributed by atoms with Gasteiger partial charge in [-0.2, -0.15) is 5.10 Å². The van der Waals surface area contributed by atoms with Crippen LogP contribution in [-0.2, 0) is 11.3 Å². The van der Waals surface area contributed by atoms with Crippen molar-refractivity contribution in [2.75, 3.05) is 5.32 Å². The minimum absolute atomic E-state index is 0.0958. The van der Waals surface area contributed by atoms with E-state index < -0.39 is 0 Å². The van der Waals surface area contributed by atoms with Crippen LogP contribution in [0.15, 0.2) is 35.2 Å². The first-order chi connectivity index (χ1) is 8.65. The minimum atomic E-state index is -0.0958. The molecule has 18 heavy (non-hydrogen) atoms. The third-order valence-corrected chi connectivity index (χ3v) is 3.34. The molecule has 0 fully saturated rings. The lowest BCUT2D eigenvalue weighted by molar-refractivity contribution is -0.116. The number of halogens is 2. The van der Waals surface area contributed by atoms with Crippen molar-refractivity contribution in [2.24, 2.45) is 0 Å². The van der Waals surface area contributed by atoms with Crippen LogP contribution in [0.2, 0.25) is 5.15 Å². The van der Waals surface area contributed by atoms with E-state index in [9.17, 15) is 4.79 Å². The zero-order valence-electron chi connectivity index (χ0n) is 9.31. The number of aryl methyl sites for hydroxylation is 1. The van der Waals surface area contributed by atoms with Crippen molar-refractivity contribution in [3.05, 3.63) is 40.3 Å². The summed E-state index contributed by atoms with van der Waals surface area (Å²) >= 11 is 9.01. The third-order valence-electron chi connectivity index (χ3n) is 2.21. The normalized spacial score (nSPS) is 10.3. The molecule has 2 rings (SSSR count). The largest absolute Gasteiger partial charge is 0.325 e. The molecule has 0 aromatic carbocycles. The quantitative estimate of drug-likeness (QED) is 0.877. The highest BCUT2D eigenvalue weighted by Crippen LogP contribution is 2.22. The molecule has 0 atom stereocenters. The fourth-order valence-electron chi connectivity index (χ4n) is 1.36. The number of hydrogen-bond donors (Lipinski definition) is 1. The van der Waals surface area contributed by atoms with E-state index in [1.165, 1.54) is 6.20 Å². The Morgan fingerprint density at radius 1 is 1.56 bits per heavy atom. The van der Waals surface area contributed by atoms with Crippen LogP contribution >= 0.6 is 27.5 Å². The van der Waals surface area contributed by atoms with Crippen molar-refractivity contribution in [1.82, 2.24) is 14.8 Å². The topological polar surface area (TPSA) is 59.8 Å². The van der Waals surface area contributed by atoms with E-state index in [0.29, 0.717) is 28.3 Å². The van der Waals surface area contributed by atoms with Gasteiger partial charge in [-0.1, -0.05) is 11.6 Å². The Morgan fingerprint density at radius 2 is 2.39 bits per heavy atom. The second kappa shape index (κ2) is 5.97. The van der Waals surface area contributed by atoms with E-state index in [2.05, 4.69) is 31.3 Å². The van der Waals surface area contributed by atoms with Gasteiger partial charge < -0.3 is 5.32 Å². The molecule has 0 bridgehead atoms. The van der Waals surface area contributed by atoms with E-state index in [0.717, 1.165) is 0 Å². The Balaban J connectivity index is 1.88. The van der Waals surface area contributed by atoms with Gasteiger partial charge in [0.1, 0.15) is 5.15 Å². The molecule has 0 radical (unpaired) electrons. The van der Waals surface area contributed by atoms with Crippen LogP contribution in [0.1, 0.15) is 6.42 Å². The van der Waals surface area contributed by atoms with Gasteiger partial charge in [-0.05, 0) is 28.1 Å². The molecular weight excluding hydrogens is 320 g/mol. The molecular formula is C11H10BrClN4O. The lowest BCUT2D eigenvalue weighted by Gasteiger charge is -2.06. The van der Waals surface area contributed by atoms with Crippen LogP contribution < -0.4 is 5.32 Å². The van der Waals surface area contributed by atoms with Crippen molar-refractivity contribution in [1.29, 1.82) is 0 Å². The van der Waals surface area contributed by atoms with Crippen LogP contribution in [0.5, 0.6) is 0 Å². The molecule has 5 nitrogen and oxygen atoms in total. The fraction of sp³-hybridized carbons (Fsp3) is 0.182. The Labute approximate surface area is 117 Å². The number of anilines is 1. The summed E-state index contributed by atoms with van der Waals surface area (Å²) in [5.74, 6) is -0.0958. The van der Waals surface area contributed by atoms with Gasteiger partial charge in [0, 0.05) is 25.4 Å². The standard InChI is InChI=1S/C11H10BrClN4O/c12-9-6-8(7-14-11(9)13)16-10(18)2-5-17-4-1-3-15-17/h1,3-4,6-7H,2,5H2,(H,16,18). The summed E-state index contributed by atoms with van der Waals surface area (Å²) in [4.78, 5) is 15.6. The Kier molecular flexibility index (Phi) is 4.33. The summed E-state index contributed by atoms with van der Waals surface area (Å²) in [5.41, 5.74) is 0.608. The van der Waals surface area contributed by atoms with Gasteiger partial charge in [0.05, 0.1) is 16.4 Å². The molecule has 0 saturated heterocycles. The smallest absolute Gasteiger partial charge is 0.226 e. The molecule has 2 heterocycles. The second-order valence-electron chi connectivity index (χ2n) is 3.56. The second-order valence-corrected chi connectivity index (χ2v) is 4.78. The Hall–Kier alpha value is -1.40. The van der Waals surface area contributed by atoms with Crippen LogP contribution in [-0.4, -0.2) is 20.7 Å². The molecule has 1 N–H and O–H groups in total. The zero-order valence-corrected chi connectivity index (χ0v) is 11.6. The Morgan fingerprint density at radius 3 is 3.06 bits per heavy atom. The summed E-state index contributed by atoms with van der Waals surface area (Å²) in [6.45, 7) is 0.543. The van der Waals surface area contributed by atoms with Gasteiger partial charge in [-0.3, -0.25) is 9.48 Å². The highest BCUT2D eigenvalue weighted by atomic mass is 79.9. The zero-order chi connectivity index (χ0) is 13.0. The molecule has 0 spiro atoms. The lowest BCUT2D eigenvalue weighted by atomic mass is 10.3. The molecule has 0 saturated carbocycles. The number of carbonyl (C=O) groups excluding carboxylic acids is 1. The minimum Gasteiger partial charge on any atom is -0.325 e. The van der Waals surface area contributed by atoms with Crippen LogP contribution in [0.4, 0.5) is 5.69 Å². The monoisotopic (exact) mass is 328 g/mol. The number of pyridine rings is 1. The van der Waals surface area contributed by atoms with Crippen LogP contribution in [0, 0.1) is 0 Å². The maximum Gasteiger partial charge on any atom is 0.226 e. The summed E-state index contributed by atoms with van der Waals surface area (Å²) in [5, 5.41) is 7.13. The number of nitrogens with zero attached hydrogens (tertiary/aromatic N) is 3. The van der Waals surface area contributed by atoms with Crippen LogP contribution in [0.25, 0.3) is 0 Å². The number of aromatic nitrogens is 3. The molecule has 2 aromatic heterocycles. The molecule has 7 heteroatoms. The average Bonchev–Trinajstić information content (AvgIpc) is 2.84. The van der Waals surface area contributed by atoms with Crippen LogP contribution in [0.3, 0.4) is 0 Å². The number of amides is 1. The molecule has 2 aromatic rings. The van der Waals surface area contributed by atoms with Gasteiger partial charge in [0.2, 0.25) is 5.91 Å². The maximum absolute atomic E-state index is 11.7. The highest BCUT2D eigenvalue weighted by Gasteiger charge is 2.05. The summed E-state index contributed by atoms with van der Waals surface area (Å²) in [6, 6.07) is 3.53. The number of carbonyl (C=O) groups is 1. The third kappa shape index (κ3) is 3.54. The van der Waals surface area contributed by atoms with Gasteiger partial charge in [0.15, 0.2) is 0 Å². The van der Waals surface area contributed by atoms with E-state index >= 15 is 0 Å². The first-order valence-electron chi connectivity index (χ1n) is 5.23. The average molecular weight is 330 g/mol. The molecule has 0 aliphatic heterocycles. The number of nitrogens with one attached hydrogen (secondary N) is 1. The van der Waals surface area contributed by atoms with Gasteiger partial charge >= 0.3 is 0 Å². The van der Waals surface area contributed by atoms with Crippen molar-refractivity contribution < 1.29 is 4.79 Å². The first kappa shape index (κ1) is 13.0. The fourth-order valence-corrected chi connectivity index (χ4v) is 1.81. The number of hydrogen-bond acceptors (Lipinski definition) is 3. The van der Waals surface area contributed by atoms with E-state index in [-0.39, 0.29) is 5.91 Å².